The van der Waals surface area contributed by atoms with Gasteiger partial charge in [-0.05, 0) is 43.0 Å². The van der Waals surface area contributed by atoms with Crippen LogP contribution in [0.25, 0.3) is 16.9 Å². The molecule has 2 N–H and O–H groups in total. The number of carbonyl (C=O) groups excluding carboxylic acids is 2. The summed E-state index contributed by atoms with van der Waals surface area (Å²) in [7, 11) is 1.56. The molecule has 35 heavy (non-hydrogen) atoms. The quantitative estimate of drug-likeness (QED) is 0.320. The molecule has 0 aliphatic heterocycles. The summed E-state index contributed by atoms with van der Waals surface area (Å²) in [5.74, 6) is 0.920. The van der Waals surface area contributed by atoms with Crippen molar-refractivity contribution in [1.29, 1.82) is 0 Å². The van der Waals surface area contributed by atoms with Gasteiger partial charge in [0.05, 0.1) is 28.0 Å². The van der Waals surface area contributed by atoms with Crippen molar-refractivity contribution in [3.8, 4) is 22.8 Å². The molecule has 186 valence electrons. The van der Waals surface area contributed by atoms with E-state index in [1.54, 1.807) is 35.6 Å². The smallest absolute Gasteiger partial charge is 0.242 e. The molecule has 2 amide bonds. The Labute approximate surface area is 219 Å². The number of hydrogen-bond donors (Lipinski definition) is 2. The minimum absolute atomic E-state index is 0.189. The lowest BCUT2D eigenvalue weighted by Crippen LogP contribution is -2.46. The van der Waals surface area contributed by atoms with Crippen LogP contribution in [0.5, 0.6) is 5.88 Å². The molecule has 3 rings (SSSR count). The van der Waals surface area contributed by atoms with Gasteiger partial charge in [0.15, 0.2) is 0 Å². The van der Waals surface area contributed by atoms with Crippen molar-refractivity contribution < 1.29 is 14.3 Å². The van der Waals surface area contributed by atoms with E-state index in [4.69, 9.17) is 33.0 Å². The Balaban J connectivity index is 1.66. The van der Waals surface area contributed by atoms with E-state index in [2.05, 4.69) is 10.6 Å². The molecule has 0 bridgehead atoms. The van der Waals surface area contributed by atoms with E-state index in [9.17, 15) is 9.59 Å². The van der Waals surface area contributed by atoms with E-state index in [1.807, 2.05) is 48.7 Å². The minimum atomic E-state index is -0.537. The van der Waals surface area contributed by atoms with Crippen LogP contribution in [-0.2, 0) is 9.59 Å². The second-order valence-electron chi connectivity index (χ2n) is 7.71. The summed E-state index contributed by atoms with van der Waals surface area (Å²) in [6, 6.07) is 16.3. The van der Waals surface area contributed by atoms with Crippen LogP contribution < -0.4 is 15.4 Å². The monoisotopic (exact) mass is 534 g/mol. The van der Waals surface area contributed by atoms with E-state index >= 15 is 0 Å². The summed E-state index contributed by atoms with van der Waals surface area (Å²) >= 11 is 13.9. The molecule has 3 aromatic rings. The largest absolute Gasteiger partial charge is 0.478 e. The molecule has 1 heterocycles. The first-order valence-electron chi connectivity index (χ1n) is 11.2. The van der Waals surface area contributed by atoms with Gasteiger partial charge < -0.3 is 15.4 Å². The fourth-order valence-electron chi connectivity index (χ4n) is 3.37. The molecular formula is C25H28Cl2N4O3S. The standard InChI is InChI=1S/C25H28Cl2N4O3S/c1-28-25(33)21(12-14-35-2)29-23(32)9-6-13-34-24-16-22(17-7-4-3-5-8-17)30-31(24)18-10-11-19(26)20(27)15-18/h3-5,7-8,10-11,15-16,21H,6,9,12-14H2,1-2H3,(H,28,33)(H,29,32)/t21-/m0/s1. The number of ether oxygens (including phenoxy) is 1. The number of likely N-dealkylation sites (N-methyl/N-ethyl adjacent to an activating group) is 1. The van der Waals surface area contributed by atoms with Crippen molar-refractivity contribution >= 4 is 46.8 Å². The van der Waals surface area contributed by atoms with Crippen molar-refractivity contribution in [1.82, 2.24) is 20.4 Å². The van der Waals surface area contributed by atoms with Crippen molar-refractivity contribution in [2.45, 2.75) is 25.3 Å². The molecule has 1 aromatic heterocycles. The Morgan fingerprint density at radius 3 is 2.57 bits per heavy atom. The van der Waals surface area contributed by atoms with Crippen LogP contribution in [0.2, 0.25) is 10.0 Å². The Hall–Kier alpha value is -2.68. The van der Waals surface area contributed by atoms with Crippen LogP contribution in [-0.4, -0.2) is 53.3 Å². The van der Waals surface area contributed by atoms with Crippen LogP contribution in [0.3, 0.4) is 0 Å². The van der Waals surface area contributed by atoms with Crippen molar-refractivity contribution in [3.05, 3.63) is 64.6 Å². The molecule has 0 saturated heterocycles. The zero-order chi connectivity index (χ0) is 25.2. The summed E-state index contributed by atoms with van der Waals surface area (Å²) in [5.41, 5.74) is 2.39. The Morgan fingerprint density at radius 1 is 1.11 bits per heavy atom. The number of aromatic nitrogens is 2. The minimum Gasteiger partial charge on any atom is -0.478 e. The number of nitrogens with one attached hydrogen (secondary N) is 2. The summed E-state index contributed by atoms with van der Waals surface area (Å²) < 4.78 is 7.68. The third-order valence-electron chi connectivity index (χ3n) is 5.20. The number of carbonyl (C=O) groups is 2. The molecular weight excluding hydrogens is 507 g/mol. The first-order valence-corrected chi connectivity index (χ1v) is 13.3. The zero-order valence-electron chi connectivity index (χ0n) is 19.6. The van der Waals surface area contributed by atoms with Crippen LogP contribution in [0.1, 0.15) is 19.3 Å². The van der Waals surface area contributed by atoms with Gasteiger partial charge in [-0.25, -0.2) is 4.68 Å². The number of rotatable bonds is 12. The van der Waals surface area contributed by atoms with Gasteiger partial charge in [-0.2, -0.15) is 16.9 Å². The van der Waals surface area contributed by atoms with Crippen LogP contribution in [0.15, 0.2) is 54.6 Å². The number of thioether (sulfide) groups is 1. The Morgan fingerprint density at radius 2 is 1.89 bits per heavy atom. The lowest BCUT2D eigenvalue weighted by atomic mass is 10.2. The van der Waals surface area contributed by atoms with Crippen LogP contribution in [0.4, 0.5) is 0 Å². The summed E-state index contributed by atoms with van der Waals surface area (Å²) in [5, 5.41) is 11.0. The number of benzene rings is 2. The molecule has 0 radical (unpaired) electrons. The lowest BCUT2D eigenvalue weighted by Gasteiger charge is -2.17. The molecule has 10 heteroatoms. The Bertz CT molecular complexity index is 1140. The van der Waals surface area contributed by atoms with Gasteiger partial charge in [0.2, 0.25) is 17.7 Å². The summed E-state index contributed by atoms with van der Waals surface area (Å²) in [6.45, 7) is 0.296. The van der Waals surface area contributed by atoms with Gasteiger partial charge in [0.1, 0.15) is 6.04 Å². The van der Waals surface area contributed by atoms with E-state index in [-0.39, 0.29) is 18.2 Å². The van der Waals surface area contributed by atoms with Crippen molar-refractivity contribution in [2.75, 3.05) is 25.7 Å². The molecule has 7 nitrogen and oxygen atoms in total. The number of halogens is 2. The van der Waals surface area contributed by atoms with Gasteiger partial charge in [-0.1, -0.05) is 53.5 Å². The van der Waals surface area contributed by atoms with Gasteiger partial charge >= 0.3 is 0 Å². The molecule has 0 aliphatic rings. The first-order chi connectivity index (χ1) is 16.9. The third-order valence-corrected chi connectivity index (χ3v) is 6.58. The first kappa shape index (κ1) is 26.9. The number of nitrogens with zero attached hydrogens (tertiary/aromatic N) is 2. The van der Waals surface area contributed by atoms with Gasteiger partial charge in [-0.3, -0.25) is 9.59 Å². The van der Waals surface area contributed by atoms with E-state index in [1.165, 1.54) is 0 Å². The summed E-state index contributed by atoms with van der Waals surface area (Å²) in [6.07, 6.45) is 3.25. The second-order valence-corrected chi connectivity index (χ2v) is 9.51. The van der Waals surface area contributed by atoms with Crippen LogP contribution in [0, 0.1) is 0 Å². The predicted molar refractivity (Wildman–Crippen MR) is 143 cm³/mol. The maximum atomic E-state index is 12.4. The second kappa shape index (κ2) is 13.4. The third kappa shape index (κ3) is 7.65. The van der Waals surface area contributed by atoms with E-state index < -0.39 is 6.04 Å². The average molecular weight is 535 g/mol. The topological polar surface area (TPSA) is 85.2 Å². The maximum Gasteiger partial charge on any atom is 0.242 e. The normalized spacial score (nSPS) is 11.7. The number of amides is 2. The molecule has 0 spiro atoms. The molecule has 0 fully saturated rings. The van der Waals surface area contributed by atoms with E-state index in [0.29, 0.717) is 41.1 Å². The highest BCUT2D eigenvalue weighted by atomic mass is 35.5. The SMILES string of the molecule is CNC(=O)[C@H](CCSC)NC(=O)CCCOc1cc(-c2ccccc2)nn1-c1ccc(Cl)c(Cl)c1. The molecule has 0 aliphatic carbocycles. The highest BCUT2D eigenvalue weighted by Crippen LogP contribution is 2.30. The lowest BCUT2D eigenvalue weighted by molar-refractivity contribution is -0.128. The van der Waals surface area contributed by atoms with Crippen LogP contribution >= 0.6 is 35.0 Å². The highest BCUT2D eigenvalue weighted by Gasteiger charge is 2.19. The Kier molecular flexibility index (Phi) is 10.3. The zero-order valence-corrected chi connectivity index (χ0v) is 21.9. The van der Waals surface area contributed by atoms with Crippen molar-refractivity contribution in [3.63, 3.8) is 0 Å². The predicted octanol–water partition coefficient (Wildman–Crippen LogP) is 4.99. The fourth-order valence-corrected chi connectivity index (χ4v) is 4.14. The average Bonchev–Trinajstić information content (AvgIpc) is 3.30. The fraction of sp³-hybridized carbons (Fsp3) is 0.320. The summed E-state index contributed by atoms with van der Waals surface area (Å²) in [4.78, 5) is 24.4. The highest BCUT2D eigenvalue weighted by molar-refractivity contribution is 7.98. The maximum absolute atomic E-state index is 12.4. The molecule has 2 aromatic carbocycles. The van der Waals surface area contributed by atoms with Gasteiger partial charge in [0, 0.05) is 25.1 Å². The molecule has 1 atom stereocenters. The van der Waals surface area contributed by atoms with E-state index in [0.717, 1.165) is 17.0 Å². The number of hydrogen-bond acceptors (Lipinski definition) is 5. The molecule has 0 unspecified atom stereocenters. The molecule has 0 saturated carbocycles. The van der Waals surface area contributed by atoms with Crippen molar-refractivity contribution in [2.24, 2.45) is 0 Å². The van der Waals surface area contributed by atoms with Gasteiger partial charge in [-0.15, -0.1) is 0 Å². The van der Waals surface area contributed by atoms with Gasteiger partial charge in [0.25, 0.3) is 0 Å².